The molecule has 2 heterocycles. The van der Waals surface area contributed by atoms with Crippen molar-refractivity contribution >= 4 is 23.2 Å². The van der Waals surface area contributed by atoms with Crippen LogP contribution in [-0.4, -0.2) is 39.5 Å². The monoisotopic (exact) mass is 382 g/mol. The van der Waals surface area contributed by atoms with Gasteiger partial charge in [-0.3, -0.25) is 14.9 Å². The number of nitrogens with one attached hydrogen (secondary N) is 1. The number of aromatic nitrogens is 3. The van der Waals surface area contributed by atoms with E-state index >= 15 is 0 Å². The maximum absolute atomic E-state index is 12.2. The highest BCUT2D eigenvalue weighted by atomic mass is 16.6. The Morgan fingerprint density at radius 3 is 2.71 bits per heavy atom. The zero-order valence-electron chi connectivity index (χ0n) is 15.5. The normalized spacial score (nSPS) is 10.5. The van der Waals surface area contributed by atoms with Gasteiger partial charge in [-0.15, -0.1) is 0 Å². The van der Waals surface area contributed by atoms with Crippen molar-refractivity contribution in [3.8, 4) is 11.4 Å². The van der Waals surface area contributed by atoms with Crippen molar-refractivity contribution in [3.63, 3.8) is 0 Å². The molecule has 28 heavy (non-hydrogen) atoms. The van der Waals surface area contributed by atoms with Crippen molar-refractivity contribution in [1.82, 2.24) is 15.1 Å². The number of likely N-dealkylation sites (N-methyl/N-ethyl adjacent to an activating group) is 1. The van der Waals surface area contributed by atoms with Crippen LogP contribution < -0.4 is 10.2 Å². The first-order valence-electron chi connectivity index (χ1n) is 8.36. The largest absolute Gasteiger partial charge is 0.360 e. The van der Waals surface area contributed by atoms with Gasteiger partial charge in [0.15, 0.2) is 11.6 Å². The van der Waals surface area contributed by atoms with Gasteiger partial charge in [0.2, 0.25) is 5.91 Å². The molecule has 0 spiro atoms. The number of rotatable bonds is 6. The molecule has 3 rings (SSSR count). The Morgan fingerprint density at radius 1 is 1.25 bits per heavy atom. The molecule has 1 N–H and O–H groups in total. The molecule has 3 aromatic rings. The van der Waals surface area contributed by atoms with E-state index in [1.54, 1.807) is 50.1 Å². The fourth-order valence-electron chi connectivity index (χ4n) is 2.54. The van der Waals surface area contributed by atoms with Gasteiger partial charge in [0.05, 0.1) is 11.5 Å². The Kier molecular flexibility index (Phi) is 5.30. The van der Waals surface area contributed by atoms with E-state index in [1.807, 2.05) is 0 Å². The van der Waals surface area contributed by atoms with E-state index in [4.69, 9.17) is 4.52 Å². The number of benzene rings is 1. The van der Waals surface area contributed by atoms with E-state index < -0.39 is 4.92 Å². The summed E-state index contributed by atoms with van der Waals surface area (Å²) in [5, 5.41) is 17.4. The first-order valence-corrected chi connectivity index (χ1v) is 8.36. The number of nitrogens with zero attached hydrogens (tertiary/aromatic N) is 5. The lowest BCUT2D eigenvalue weighted by Gasteiger charge is -2.18. The summed E-state index contributed by atoms with van der Waals surface area (Å²) in [5.74, 6) is 1.51. The molecule has 0 bridgehead atoms. The quantitative estimate of drug-likeness (QED) is 0.509. The highest BCUT2D eigenvalue weighted by molar-refractivity contribution is 5.93. The Bertz CT molecular complexity index is 1030. The third-order valence-corrected chi connectivity index (χ3v) is 3.82. The second kappa shape index (κ2) is 7.82. The minimum atomic E-state index is -0.470. The van der Waals surface area contributed by atoms with Crippen molar-refractivity contribution < 1.29 is 14.2 Å². The van der Waals surface area contributed by atoms with Gasteiger partial charge in [0.1, 0.15) is 11.6 Å². The maximum atomic E-state index is 12.2. The van der Waals surface area contributed by atoms with Crippen LogP contribution in [0.3, 0.4) is 0 Å². The van der Waals surface area contributed by atoms with Gasteiger partial charge in [-0.1, -0.05) is 17.3 Å². The minimum absolute atomic E-state index is 0.0245. The number of carbonyl (C=O) groups excluding carboxylic acids is 1. The summed E-state index contributed by atoms with van der Waals surface area (Å²) in [6.45, 7) is 3.54. The summed E-state index contributed by atoms with van der Waals surface area (Å²) in [4.78, 5) is 33.2. The molecule has 0 aliphatic rings. The molecule has 0 radical (unpaired) electrons. The number of non-ortho nitro benzene ring substituents is 1. The molecule has 0 fully saturated rings. The topological polar surface area (TPSA) is 127 Å². The second-order valence-electron chi connectivity index (χ2n) is 6.23. The van der Waals surface area contributed by atoms with Gasteiger partial charge in [0.25, 0.3) is 5.69 Å². The molecule has 2 aromatic heterocycles. The van der Waals surface area contributed by atoms with Gasteiger partial charge in [-0.25, -0.2) is 9.97 Å². The lowest BCUT2D eigenvalue weighted by molar-refractivity contribution is -0.384. The molecule has 1 amide bonds. The first-order chi connectivity index (χ1) is 13.3. The van der Waals surface area contributed by atoms with Crippen LogP contribution in [0.15, 0.2) is 40.9 Å². The third kappa shape index (κ3) is 4.47. The van der Waals surface area contributed by atoms with Crippen LogP contribution in [-0.2, 0) is 4.79 Å². The second-order valence-corrected chi connectivity index (χ2v) is 6.23. The molecular formula is C18H18N6O4. The summed E-state index contributed by atoms with van der Waals surface area (Å²) in [5.41, 5.74) is 1.15. The lowest BCUT2D eigenvalue weighted by atomic mass is 10.2. The molecule has 0 aliphatic heterocycles. The van der Waals surface area contributed by atoms with Gasteiger partial charge in [-0.2, -0.15) is 0 Å². The zero-order valence-corrected chi connectivity index (χ0v) is 15.5. The van der Waals surface area contributed by atoms with Crippen LogP contribution >= 0.6 is 0 Å². The fraction of sp³-hybridized carbons (Fsp3) is 0.222. The number of amides is 1. The number of anilines is 2. The van der Waals surface area contributed by atoms with Crippen molar-refractivity contribution in [2.24, 2.45) is 0 Å². The van der Waals surface area contributed by atoms with E-state index in [9.17, 15) is 14.9 Å². The molecule has 10 nitrogen and oxygen atoms in total. The van der Waals surface area contributed by atoms with Crippen LogP contribution in [0.5, 0.6) is 0 Å². The molecule has 0 saturated carbocycles. The lowest BCUT2D eigenvalue weighted by Crippen LogP contribution is -2.31. The summed E-state index contributed by atoms with van der Waals surface area (Å²) in [6, 6.07) is 9.45. The molecule has 0 unspecified atom stereocenters. The predicted molar refractivity (Wildman–Crippen MR) is 102 cm³/mol. The van der Waals surface area contributed by atoms with Crippen molar-refractivity contribution in [1.29, 1.82) is 0 Å². The molecule has 0 saturated heterocycles. The molecule has 144 valence electrons. The number of aryl methyl sites for hydroxylation is 2. The molecule has 1 aromatic carbocycles. The van der Waals surface area contributed by atoms with Crippen LogP contribution in [0.2, 0.25) is 0 Å². The number of carbonyl (C=O) groups is 1. The minimum Gasteiger partial charge on any atom is -0.360 e. The fourth-order valence-corrected chi connectivity index (χ4v) is 2.54. The Hall–Kier alpha value is -3.82. The SMILES string of the molecule is Cc1cc(N(C)CC(=O)Nc2cc(C)on2)nc(-c2cccc([N+](=O)[O-])c2)n1. The molecule has 0 atom stereocenters. The summed E-state index contributed by atoms with van der Waals surface area (Å²) < 4.78 is 4.92. The van der Waals surface area contributed by atoms with E-state index in [1.165, 1.54) is 12.1 Å². The smallest absolute Gasteiger partial charge is 0.270 e. The van der Waals surface area contributed by atoms with Crippen molar-refractivity contribution in [2.45, 2.75) is 13.8 Å². The number of hydrogen-bond donors (Lipinski definition) is 1. The van der Waals surface area contributed by atoms with Crippen LogP contribution in [0.4, 0.5) is 17.3 Å². The highest BCUT2D eigenvalue weighted by Crippen LogP contribution is 2.23. The van der Waals surface area contributed by atoms with Crippen molar-refractivity contribution in [3.05, 3.63) is 58.0 Å². The van der Waals surface area contributed by atoms with E-state index in [2.05, 4.69) is 20.4 Å². The van der Waals surface area contributed by atoms with E-state index in [-0.39, 0.29) is 18.1 Å². The Labute approximate surface area is 160 Å². The van der Waals surface area contributed by atoms with Gasteiger partial charge >= 0.3 is 0 Å². The predicted octanol–water partition coefficient (Wildman–Crippen LogP) is 2.73. The highest BCUT2D eigenvalue weighted by Gasteiger charge is 2.15. The molecule has 10 heteroatoms. The van der Waals surface area contributed by atoms with Gasteiger partial charge < -0.3 is 14.7 Å². The molecule has 0 aliphatic carbocycles. The summed E-state index contributed by atoms with van der Waals surface area (Å²) in [6.07, 6.45) is 0. The zero-order chi connectivity index (χ0) is 20.3. The molecular weight excluding hydrogens is 364 g/mol. The van der Waals surface area contributed by atoms with E-state index in [0.29, 0.717) is 34.5 Å². The summed E-state index contributed by atoms with van der Waals surface area (Å²) in [7, 11) is 1.71. The average molecular weight is 382 g/mol. The first kappa shape index (κ1) is 19.0. The average Bonchev–Trinajstić information content (AvgIpc) is 3.05. The van der Waals surface area contributed by atoms with Crippen molar-refractivity contribution in [2.75, 3.05) is 23.8 Å². The Balaban J connectivity index is 1.79. The number of nitro benzene ring substituents is 1. The van der Waals surface area contributed by atoms with Crippen LogP contribution in [0.1, 0.15) is 11.5 Å². The number of nitro groups is 1. The Morgan fingerprint density at radius 2 is 2.04 bits per heavy atom. The number of hydrogen-bond acceptors (Lipinski definition) is 8. The van der Waals surface area contributed by atoms with Gasteiger partial charge in [-0.05, 0) is 13.8 Å². The van der Waals surface area contributed by atoms with Gasteiger partial charge in [0, 0.05) is 42.6 Å². The van der Waals surface area contributed by atoms with E-state index in [0.717, 1.165) is 0 Å². The summed E-state index contributed by atoms with van der Waals surface area (Å²) >= 11 is 0. The standard InChI is InChI=1S/C18H18N6O4/c1-11-7-16(23(3)10-17(25)20-15-8-12(2)28-22-15)21-18(19-11)13-5-4-6-14(9-13)24(26)27/h4-9H,10H2,1-3H3,(H,20,22,25). The maximum Gasteiger partial charge on any atom is 0.270 e. The van der Waals surface area contributed by atoms with Crippen LogP contribution in [0, 0.1) is 24.0 Å². The third-order valence-electron chi connectivity index (χ3n) is 3.82. The van der Waals surface area contributed by atoms with Crippen LogP contribution in [0.25, 0.3) is 11.4 Å².